The topological polar surface area (TPSA) is 111 Å². The number of imidazole rings is 1. The highest BCUT2D eigenvalue weighted by Crippen LogP contribution is 2.40. The number of alkyl halides is 2. The number of primary amides is 1. The first-order valence-electron chi connectivity index (χ1n) is 11.2. The first-order chi connectivity index (χ1) is 16.6. The van der Waals surface area contributed by atoms with Crippen molar-refractivity contribution < 1.29 is 26.7 Å². The van der Waals surface area contributed by atoms with E-state index in [4.69, 9.17) is 5.73 Å². The molecule has 13 heteroatoms. The number of hydrogen-bond acceptors (Lipinski definition) is 6. The van der Waals surface area contributed by atoms with E-state index in [-0.39, 0.29) is 42.6 Å². The molecule has 2 fully saturated rings. The zero-order valence-corrected chi connectivity index (χ0v) is 18.4. The van der Waals surface area contributed by atoms with Crippen molar-refractivity contribution in [3.63, 3.8) is 0 Å². The number of anilines is 3. The van der Waals surface area contributed by atoms with Crippen LogP contribution < -0.4 is 16.4 Å². The van der Waals surface area contributed by atoms with E-state index in [1.54, 1.807) is 4.57 Å². The van der Waals surface area contributed by atoms with Gasteiger partial charge in [-0.15, -0.1) is 0 Å². The minimum absolute atomic E-state index is 0.0496. The zero-order chi connectivity index (χ0) is 24.9. The molecule has 0 unspecified atom stereocenters. The van der Waals surface area contributed by atoms with E-state index < -0.39 is 35.1 Å². The highest BCUT2D eigenvalue weighted by atomic mass is 19.3. The van der Waals surface area contributed by atoms with E-state index in [9.17, 15) is 26.7 Å². The summed E-state index contributed by atoms with van der Waals surface area (Å²) in [5.41, 5.74) is 5.47. The highest BCUT2D eigenvalue weighted by Gasteiger charge is 2.45. The maximum Gasteiger partial charge on any atom is 0.252 e. The molecule has 0 bridgehead atoms. The van der Waals surface area contributed by atoms with Gasteiger partial charge in [-0.05, 0) is 25.7 Å². The highest BCUT2D eigenvalue weighted by molar-refractivity contribution is 5.78. The van der Waals surface area contributed by atoms with Crippen molar-refractivity contribution in [2.75, 3.05) is 10.6 Å². The monoisotopic (exact) mass is 495 g/mol. The Balaban J connectivity index is 1.51. The fourth-order valence-corrected chi connectivity index (χ4v) is 4.73. The number of hydrogen-bond donors (Lipinski definition) is 3. The van der Waals surface area contributed by atoms with Crippen LogP contribution in [0, 0.1) is 23.4 Å². The molecule has 2 saturated carbocycles. The third kappa shape index (κ3) is 4.58. The number of carbonyl (C=O) groups is 1. The van der Waals surface area contributed by atoms with E-state index in [1.807, 2.05) is 0 Å². The molecule has 3 aromatic rings. The van der Waals surface area contributed by atoms with Crippen LogP contribution >= 0.6 is 0 Å². The number of fused-ring (bicyclic) bond motifs is 1. The predicted molar refractivity (Wildman–Crippen MR) is 117 cm³/mol. The fraction of sp³-hybridized carbons (Fsp3) is 0.455. The van der Waals surface area contributed by atoms with E-state index in [0.29, 0.717) is 49.0 Å². The second-order valence-corrected chi connectivity index (χ2v) is 9.09. The molecule has 2 heterocycles. The van der Waals surface area contributed by atoms with Crippen molar-refractivity contribution in [2.45, 2.75) is 56.5 Å². The summed E-state index contributed by atoms with van der Waals surface area (Å²) >= 11 is 0. The molecule has 0 spiro atoms. The van der Waals surface area contributed by atoms with Gasteiger partial charge in [-0.1, -0.05) is 0 Å². The number of nitrogens with two attached hydrogens (primary N) is 1. The Morgan fingerprint density at radius 1 is 1.06 bits per heavy atom. The Kier molecular flexibility index (Phi) is 5.72. The summed E-state index contributed by atoms with van der Waals surface area (Å²) in [4.78, 5) is 24.6. The van der Waals surface area contributed by atoms with Crippen LogP contribution in [0.2, 0.25) is 0 Å². The number of nitrogens with zero attached hydrogens (tertiary/aromatic N) is 4. The minimum Gasteiger partial charge on any atom is -0.369 e. The molecule has 35 heavy (non-hydrogen) atoms. The number of amides is 1. The first kappa shape index (κ1) is 23.2. The summed E-state index contributed by atoms with van der Waals surface area (Å²) in [5, 5.41) is 5.48. The molecular weight excluding hydrogens is 473 g/mol. The normalized spacial score (nSPS) is 22.1. The fourth-order valence-electron chi connectivity index (χ4n) is 4.73. The Bertz CT molecular complexity index is 1260. The van der Waals surface area contributed by atoms with Gasteiger partial charge in [0.15, 0.2) is 17.3 Å². The van der Waals surface area contributed by atoms with E-state index in [0.717, 1.165) is 0 Å². The Labute approximate surface area is 196 Å². The van der Waals surface area contributed by atoms with Crippen LogP contribution in [0.4, 0.5) is 39.5 Å². The number of nitrogens with one attached hydrogen (secondary N) is 2. The number of aromatic nitrogens is 4. The van der Waals surface area contributed by atoms with Gasteiger partial charge in [-0.2, -0.15) is 4.98 Å². The molecular formula is C22H22F5N7O. The van der Waals surface area contributed by atoms with Crippen molar-refractivity contribution in [3.8, 4) is 0 Å². The van der Waals surface area contributed by atoms with E-state index in [1.165, 1.54) is 6.20 Å². The van der Waals surface area contributed by atoms with Crippen molar-refractivity contribution in [3.05, 3.63) is 35.8 Å². The lowest BCUT2D eigenvalue weighted by atomic mass is 9.85. The molecule has 4 N–H and O–H groups in total. The molecule has 5 rings (SSSR count). The summed E-state index contributed by atoms with van der Waals surface area (Å²) in [6, 6.07) is 0.365. The van der Waals surface area contributed by atoms with Gasteiger partial charge in [0, 0.05) is 43.0 Å². The third-order valence-corrected chi connectivity index (χ3v) is 6.56. The van der Waals surface area contributed by atoms with Crippen LogP contribution in [-0.4, -0.2) is 37.4 Å². The van der Waals surface area contributed by atoms with Crippen LogP contribution in [0.1, 0.15) is 44.6 Å². The second-order valence-electron chi connectivity index (χ2n) is 9.09. The lowest BCUT2D eigenvalue weighted by Gasteiger charge is -2.35. The zero-order valence-electron chi connectivity index (χ0n) is 18.4. The van der Waals surface area contributed by atoms with Gasteiger partial charge >= 0.3 is 0 Å². The molecule has 1 amide bonds. The Hall–Kier alpha value is -3.51. The van der Waals surface area contributed by atoms with Crippen molar-refractivity contribution in [1.29, 1.82) is 0 Å². The number of halogens is 5. The summed E-state index contributed by atoms with van der Waals surface area (Å²) < 4.78 is 70.2. The van der Waals surface area contributed by atoms with Crippen molar-refractivity contribution >= 4 is 34.7 Å². The Morgan fingerprint density at radius 3 is 2.31 bits per heavy atom. The third-order valence-electron chi connectivity index (χ3n) is 6.56. The predicted octanol–water partition coefficient (Wildman–Crippen LogP) is 4.41. The number of carbonyl (C=O) groups excluding carboxylic acids is 1. The molecule has 0 atom stereocenters. The average molecular weight is 495 g/mol. The molecule has 0 saturated heterocycles. The SMILES string of the molecule is NC(=O)[C@H]1CC[C@@H](n2c(Nc3c(F)cc(F)cc3F)nc3cnc(NC4CC(F)(F)C4)nc32)CC1. The van der Waals surface area contributed by atoms with E-state index in [2.05, 4.69) is 25.6 Å². The second kappa shape index (κ2) is 8.61. The van der Waals surface area contributed by atoms with Crippen LogP contribution in [0.3, 0.4) is 0 Å². The minimum atomic E-state index is -2.72. The molecule has 0 radical (unpaired) electrons. The smallest absolute Gasteiger partial charge is 0.252 e. The largest absolute Gasteiger partial charge is 0.369 e. The van der Waals surface area contributed by atoms with Crippen molar-refractivity contribution in [1.82, 2.24) is 19.5 Å². The lowest BCUT2D eigenvalue weighted by molar-refractivity contribution is -0.122. The van der Waals surface area contributed by atoms with Gasteiger partial charge in [0.1, 0.15) is 17.0 Å². The van der Waals surface area contributed by atoms with Crippen LogP contribution in [-0.2, 0) is 4.79 Å². The summed E-state index contributed by atoms with van der Waals surface area (Å²) in [5.74, 6) is -6.56. The molecule has 2 aliphatic rings. The first-order valence-corrected chi connectivity index (χ1v) is 11.2. The van der Waals surface area contributed by atoms with Crippen LogP contribution in [0.5, 0.6) is 0 Å². The number of rotatable bonds is 6. The van der Waals surface area contributed by atoms with Crippen LogP contribution in [0.25, 0.3) is 11.2 Å². The molecule has 0 aliphatic heterocycles. The lowest BCUT2D eigenvalue weighted by Crippen LogP contribution is -2.44. The van der Waals surface area contributed by atoms with Gasteiger partial charge in [0.05, 0.1) is 6.20 Å². The molecule has 2 aliphatic carbocycles. The maximum absolute atomic E-state index is 14.4. The number of benzene rings is 1. The standard InChI is InChI=1S/C22H22F5N7O/c23-11-5-14(24)17(15(25)6-11)32-21-31-16-9-29-20(30-12-7-22(26,27)8-12)33-19(16)34(21)13-3-1-10(2-4-13)18(28)35/h5-6,9-10,12-13H,1-4,7-8H2,(H2,28,35)(H,31,32)(H,29,30,33)/t10-,13+. The molecule has 2 aromatic heterocycles. The van der Waals surface area contributed by atoms with E-state index >= 15 is 0 Å². The average Bonchev–Trinajstić information content (AvgIpc) is 3.12. The summed E-state index contributed by atoms with van der Waals surface area (Å²) in [6.07, 6.45) is 2.77. The summed E-state index contributed by atoms with van der Waals surface area (Å²) in [6.45, 7) is 0. The van der Waals surface area contributed by atoms with Gasteiger partial charge < -0.3 is 16.4 Å². The van der Waals surface area contributed by atoms with Gasteiger partial charge in [-0.3, -0.25) is 9.36 Å². The van der Waals surface area contributed by atoms with Gasteiger partial charge in [0.25, 0.3) is 5.92 Å². The quantitative estimate of drug-likeness (QED) is 0.437. The maximum atomic E-state index is 14.4. The Morgan fingerprint density at radius 2 is 1.71 bits per heavy atom. The van der Waals surface area contributed by atoms with Crippen LogP contribution in [0.15, 0.2) is 18.3 Å². The van der Waals surface area contributed by atoms with Gasteiger partial charge in [-0.25, -0.2) is 31.9 Å². The molecule has 8 nitrogen and oxygen atoms in total. The van der Waals surface area contributed by atoms with Gasteiger partial charge in [0.2, 0.25) is 17.8 Å². The molecule has 186 valence electrons. The summed E-state index contributed by atoms with van der Waals surface area (Å²) in [7, 11) is 0. The van der Waals surface area contributed by atoms with Crippen molar-refractivity contribution in [2.24, 2.45) is 11.7 Å². The molecule has 1 aromatic carbocycles.